The molecule has 0 unspecified atom stereocenters. The molecule has 31 heavy (non-hydrogen) atoms. The number of ether oxygens (including phenoxy) is 1. The zero-order valence-electron chi connectivity index (χ0n) is 17.1. The summed E-state index contributed by atoms with van der Waals surface area (Å²) >= 11 is 12.1. The number of halogens is 2. The summed E-state index contributed by atoms with van der Waals surface area (Å²) in [6.45, 7) is 0.978. The molecule has 0 radical (unpaired) electrons. The van der Waals surface area contributed by atoms with E-state index in [1.807, 2.05) is 0 Å². The average molecular weight is 465 g/mol. The molecule has 1 aliphatic rings. The van der Waals surface area contributed by atoms with Crippen molar-refractivity contribution in [3.05, 3.63) is 52.1 Å². The van der Waals surface area contributed by atoms with E-state index in [1.54, 1.807) is 23.1 Å². The topological polar surface area (TPSA) is 91.8 Å². The summed E-state index contributed by atoms with van der Waals surface area (Å²) in [5, 5.41) is 3.30. The van der Waals surface area contributed by atoms with Gasteiger partial charge in [0.15, 0.2) is 0 Å². The normalized spacial score (nSPS) is 14.1. The predicted molar refractivity (Wildman–Crippen MR) is 118 cm³/mol. The van der Waals surface area contributed by atoms with Crippen molar-refractivity contribution in [3.8, 4) is 5.88 Å². The van der Waals surface area contributed by atoms with Crippen LogP contribution in [0.4, 0.5) is 5.69 Å². The second-order valence-corrected chi connectivity index (χ2v) is 8.12. The maximum absolute atomic E-state index is 13.0. The van der Waals surface area contributed by atoms with Gasteiger partial charge < -0.3 is 19.9 Å². The van der Waals surface area contributed by atoms with Crippen molar-refractivity contribution in [2.45, 2.75) is 18.9 Å². The number of piperidine rings is 1. The Bertz CT molecular complexity index is 974. The van der Waals surface area contributed by atoms with Crippen LogP contribution in [0.25, 0.3) is 0 Å². The van der Waals surface area contributed by atoms with Gasteiger partial charge in [-0.3, -0.25) is 14.4 Å². The maximum atomic E-state index is 13.0. The Kier molecular flexibility index (Phi) is 7.35. The third kappa shape index (κ3) is 5.86. The van der Waals surface area contributed by atoms with Gasteiger partial charge in [-0.1, -0.05) is 23.2 Å². The van der Waals surface area contributed by atoms with Crippen LogP contribution in [0.2, 0.25) is 10.0 Å². The third-order valence-corrected chi connectivity index (χ3v) is 5.33. The summed E-state index contributed by atoms with van der Waals surface area (Å²) in [5.41, 5.74) is 0.579. The Hall–Kier alpha value is -2.84. The van der Waals surface area contributed by atoms with Crippen molar-refractivity contribution in [3.63, 3.8) is 0 Å². The summed E-state index contributed by atoms with van der Waals surface area (Å²) in [6.07, 6.45) is 2.74. The average Bonchev–Trinajstić information content (AvgIpc) is 2.76. The lowest BCUT2D eigenvalue weighted by Gasteiger charge is -2.32. The van der Waals surface area contributed by atoms with Crippen LogP contribution in [0.1, 0.15) is 23.2 Å². The number of anilines is 1. The molecule has 1 aliphatic heterocycles. The van der Waals surface area contributed by atoms with Crippen LogP contribution in [0, 0.1) is 0 Å². The van der Waals surface area contributed by atoms with Gasteiger partial charge in [-0.15, -0.1) is 0 Å². The molecule has 164 valence electrons. The number of amides is 3. The minimum Gasteiger partial charge on any atom is -0.474 e. The Morgan fingerprint density at radius 1 is 1.13 bits per heavy atom. The zero-order chi connectivity index (χ0) is 22.5. The Morgan fingerprint density at radius 3 is 2.45 bits per heavy atom. The number of aromatic nitrogens is 1. The number of nitrogens with one attached hydrogen (secondary N) is 1. The molecule has 0 aliphatic carbocycles. The number of likely N-dealkylation sites (N-methyl/N-ethyl adjacent to an activating group) is 1. The molecule has 0 atom stereocenters. The number of pyridine rings is 1. The summed E-state index contributed by atoms with van der Waals surface area (Å²) in [4.78, 5) is 43.7. The molecule has 1 saturated heterocycles. The first kappa shape index (κ1) is 22.8. The van der Waals surface area contributed by atoms with E-state index in [1.165, 1.54) is 37.3 Å². The predicted octanol–water partition coefficient (Wildman–Crippen LogP) is 3.10. The minimum atomic E-state index is -0.792. The first-order valence-corrected chi connectivity index (χ1v) is 10.4. The number of benzene rings is 1. The van der Waals surface area contributed by atoms with Gasteiger partial charge in [0.1, 0.15) is 6.10 Å². The van der Waals surface area contributed by atoms with E-state index >= 15 is 0 Å². The third-order valence-electron chi connectivity index (χ3n) is 4.77. The van der Waals surface area contributed by atoms with E-state index in [0.29, 0.717) is 42.5 Å². The minimum absolute atomic E-state index is 0.0594. The van der Waals surface area contributed by atoms with E-state index in [-0.39, 0.29) is 22.6 Å². The van der Waals surface area contributed by atoms with Gasteiger partial charge in [0.05, 0.1) is 15.6 Å². The first-order chi connectivity index (χ1) is 14.7. The second-order valence-electron chi connectivity index (χ2n) is 7.27. The van der Waals surface area contributed by atoms with Crippen molar-refractivity contribution in [2.24, 2.45) is 0 Å². The lowest BCUT2D eigenvalue weighted by Crippen LogP contribution is -2.42. The number of carbonyl (C=O) groups is 3. The van der Waals surface area contributed by atoms with E-state index < -0.39 is 11.8 Å². The smallest absolute Gasteiger partial charge is 0.313 e. The number of hydrogen-bond acceptors (Lipinski definition) is 5. The van der Waals surface area contributed by atoms with Crippen LogP contribution >= 0.6 is 23.2 Å². The van der Waals surface area contributed by atoms with Crippen molar-refractivity contribution < 1.29 is 19.1 Å². The molecule has 1 aromatic heterocycles. The van der Waals surface area contributed by atoms with Gasteiger partial charge in [0, 0.05) is 58.0 Å². The van der Waals surface area contributed by atoms with Crippen molar-refractivity contribution >= 4 is 46.6 Å². The Morgan fingerprint density at radius 2 is 1.84 bits per heavy atom. The van der Waals surface area contributed by atoms with E-state index in [2.05, 4.69) is 10.3 Å². The van der Waals surface area contributed by atoms with Crippen LogP contribution < -0.4 is 10.1 Å². The lowest BCUT2D eigenvalue weighted by molar-refractivity contribution is -0.141. The van der Waals surface area contributed by atoms with Crippen molar-refractivity contribution in [1.29, 1.82) is 0 Å². The molecular weight excluding hydrogens is 443 g/mol. The number of hydrogen-bond donors (Lipinski definition) is 1. The summed E-state index contributed by atoms with van der Waals surface area (Å²) in [5.74, 6) is -1.24. The molecule has 8 nitrogen and oxygen atoms in total. The first-order valence-electron chi connectivity index (χ1n) is 9.64. The SMILES string of the molecule is CN(C)C(=O)C(=O)Nc1ccc(Cl)c(C(=O)N2CCC(Oc3ccc(Cl)cn3)CC2)c1. The maximum Gasteiger partial charge on any atom is 0.313 e. The van der Waals surface area contributed by atoms with Crippen LogP contribution in [0.15, 0.2) is 36.5 Å². The van der Waals surface area contributed by atoms with E-state index in [4.69, 9.17) is 27.9 Å². The largest absolute Gasteiger partial charge is 0.474 e. The molecule has 10 heteroatoms. The lowest BCUT2D eigenvalue weighted by atomic mass is 10.1. The highest BCUT2D eigenvalue weighted by atomic mass is 35.5. The quantitative estimate of drug-likeness (QED) is 0.701. The Labute approximate surface area is 190 Å². The van der Waals surface area contributed by atoms with Crippen LogP contribution in [0.5, 0.6) is 5.88 Å². The monoisotopic (exact) mass is 464 g/mol. The molecule has 3 amide bonds. The molecule has 2 heterocycles. The zero-order valence-corrected chi connectivity index (χ0v) is 18.6. The van der Waals surface area contributed by atoms with Gasteiger partial charge in [0.2, 0.25) is 5.88 Å². The highest BCUT2D eigenvalue weighted by Gasteiger charge is 2.26. The van der Waals surface area contributed by atoms with E-state index in [0.717, 1.165) is 0 Å². The number of nitrogens with zero attached hydrogens (tertiary/aromatic N) is 3. The molecule has 1 N–H and O–H groups in total. The standard InChI is InChI=1S/C21H22Cl2N4O4/c1-26(2)21(30)19(28)25-14-4-5-17(23)16(11-14)20(29)27-9-7-15(8-10-27)31-18-6-3-13(22)12-24-18/h3-6,11-12,15H,7-10H2,1-2H3,(H,25,28). The fourth-order valence-corrected chi connectivity index (χ4v) is 3.41. The van der Waals surface area contributed by atoms with Crippen LogP contribution in [-0.4, -0.2) is 65.8 Å². The molecule has 1 fully saturated rings. The second kappa shape index (κ2) is 9.98. The molecule has 2 aromatic rings. The van der Waals surface area contributed by atoms with Gasteiger partial charge in [-0.2, -0.15) is 0 Å². The molecule has 0 spiro atoms. The van der Waals surface area contributed by atoms with E-state index in [9.17, 15) is 14.4 Å². The molecule has 1 aromatic carbocycles. The highest BCUT2D eigenvalue weighted by Crippen LogP contribution is 2.25. The summed E-state index contributed by atoms with van der Waals surface area (Å²) in [6, 6.07) is 7.96. The molecule has 0 saturated carbocycles. The fraction of sp³-hybridized carbons (Fsp3) is 0.333. The van der Waals surface area contributed by atoms with Gasteiger partial charge in [-0.05, 0) is 24.3 Å². The number of carbonyl (C=O) groups excluding carboxylic acids is 3. The van der Waals surface area contributed by atoms with Gasteiger partial charge in [0.25, 0.3) is 5.91 Å². The fourth-order valence-electron chi connectivity index (χ4n) is 3.10. The van der Waals surface area contributed by atoms with Gasteiger partial charge >= 0.3 is 11.8 Å². The van der Waals surface area contributed by atoms with Crippen molar-refractivity contribution in [2.75, 3.05) is 32.5 Å². The van der Waals surface area contributed by atoms with Gasteiger partial charge in [-0.25, -0.2) is 4.98 Å². The number of rotatable bonds is 4. The Balaban J connectivity index is 1.61. The molecular formula is C21H22Cl2N4O4. The van der Waals surface area contributed by atoms with Crippen LogP contribution in [-0.2, 0) is 9.59 Å². The molecule has 0 bridgehead atoms. The number of likely N-dealkylation sites (tertiary alicyclic amines) is 1. The molecule has 3 rings (SSSR count). The van der Waals surface area contributed by atoms with Crippen molar-refractivity contribution in [1.82, 2.24) is 14.8 Å². The summed E-state index contributed by atoms with van der Waals surface area (Å²) < 4.78 is 5.86. The van der Waals surface area contributed by atoms with Crippen LogP contribution in [0.3, 0.4) is 0 Å². The summed E-state index contributed by atoms with van der Waals surface area (Å²) in [7, 11) is 2.96. The highest BCUT2D eigenvalue weighted by molar-refractivity contribution is 6.39.